The number of anilines is 1. The summed E-state index contributed by atoms with van der Waals surface area (Å²) < 4.78 is 17.6. The van der Waals surface area contributed by atoms with E-state index in [-0.39, 0.29) is 11.4 Å². The number of nitrogens with zero attached hydrogens (tertiary/aromatic N) is 3. The minimum atomic E-state index is -0.439. The second-order valence-corrected chi connectivity index (χ2v) is 4.95. The lowest BCUT2D eigenvalue weighted by molar-refractivity contribution is -0.148. The molecule has 5 nitrogen and oxygen atoms in total. The zero-order valence-electron chi connectivity index (χ0n) is 10.1. The third-order valence-corrected chi connectivity index (χ3v) is 3.98. The predicted molar refractivity (Wildman–Crippen MR) is 61.4 cm³/mol. The number of ether oxygens (including phenoxy) is 1. The molecule has 3 rings (SSSR count). The Kier molecular flexibility index (Phi) is 2.46. The van der Waals surface area contributed by atoms with Crippen LogP contribution in [-0.2, 0) is 9.53 Å². The van der Waals surface area contributed by atoms with Crippen molar-refractivity contribution < 1.29 is 13.9 Å². The molecule has 96 valence electrons. The average Bonchev–Trinajstić information content (AvgIpc) is 3.13. The molecular weight excluding hydrogens is 237 g/mol. The van der Waals surface area contributed by atoms with Crippen LogP contribution in [0.15, 0.2) is 12.4 Å². The van der Waals surface area contributed by atoms with Crippen molar-refractivity contribution >= 4 is 11.9 Å². The summed E-state index contributed by atoms with van der Waals surface area (Å²) in [5.41, 5.74) is -0.273. The first-order valence-electron chi connectivity index (χ1n) is 5.96. The minimum Gasteiger partial charge on any atom is -0.469 e. The fourth-order valence-corrected chi connectivity index (χ4v) is 2.82. The maximum absolute atomic E-state index is 12.7. The topological polar surface area (TPSA) is 55.3 Å². The molecule has 2 atom stereocenters. The van der Waals surface area contributed by atoms with Crippen molar-refractivity contribution in [2.45, 2.75) is 12.8 Å². The zero-order chi connectivity index (χ0) is 12.8. The molecule has 1 saturated heterocycles. The van der Waals surface area contributed by atoms with Gasteiger partial charge in [-0.15, -0.1) is 0 Å². The average molecular weight is 251 g/mol. The maximum atomic E-state index is 12.7. The Balaban J connectivity index is 1.71. The van der Waals surface area contributed by atoms with E-state index in [1.54, 1.807) is 0 Å². The van der Waals surface area contributed by atoms with Crippen LogP contribution in [0, 0.1) is 17.2 Å². The minimum absolute atomic E-state index is 0.104. The first kappa shape index (κ1) is 11.4. The largest absolute Gasteiger partial charge is 0.469 e. The molecule has 0 radical (unpaired) electrons. The number of aromatic nitrogens is 2. The van der Waals surface area contributed by atoms with Gasteiger partial charge < -0.3 is 9.64 Å². The van der Waals surface area contributed by atoms with Gasteiger partial charge in [-0.25, -0.2) is 14.4 Å². The van der Waals surface area contributed by atoms with Gasteiger partial charge in [-0.05, 0) is 18.8 Å². The Morgan fingerprint density at radius 3 is 2.89 bits per heavy atom. The van der Waals surface area contributed by atoms with E-state index in [2.05, 4.69) is 9.97 Å². The molecule has 1 saturated carbocycles. The van der Waals surface area contributed by atoms with Gasteiger partial charge in [0.05, 0.1) is 24.9 Å². The first-order valence-corrected chi connectivity index (χ1v) is 5.96. The summed E-state index contributed by atoms with van der Waals surface area (Å²) in [5, 5.41) is 0. The second-order valence-electron chi connectivity index (χ2n) is 4.95. The van der Waals surface area contributed by atoms with E-state index in [4.69, 9.17) is 4.74 Å². The Labute approximate surface area is 104 Å². The fourth-order valence-electron chi connectivity index (χ4n) is 2.82. The van der Waals surface area contributed by atoms with Gasteiger partial charge in [0.15, 0.2) is 5.82 Å². The smallest absolute Gasteiger partial charge is 0.312 e. The maximum Gasteiger partial charge on any atom is 0.312 e. The standard InChI is InChI=1S/C12H14FN3O2/c1-18-10(17)12-2-3-16(7-8(12)4-12)11-14-5-9(13)6-15-11/h5-6,8H,2-4,7H2,1H3/t8-,12+/m0/s1. The summed E-state index contributed by atoms with van der Waals surface area (Å²) in [7, 11) is 1.43. The summed E-state index contributed by atoms with van der Waals surface area (Å²) in [6, 6.07) is 0. The Morgan fingerprint density at radius 1 is 1.56 bits per heavy atom. The van der Waals surface area contributed by atoms with Crippen LogP contribution >= 0.6 is 0 Å². The third-order valence-electron chi connectivity index (χ3n) is 3.98. The monoisotopic (exact) mass is 251 g/mol. The van der Waals surface area contributed by atoms with Gasteiger partial charge in [-0.1, -0.05) is 0 Å². The number of hydrogen-bond acceptors (Lipinski definition) is 5. The number of hydrogen-bond donors (Lipinski definition) is 0. The highest BCUT2D eigenvalue weighted by Gasteiger charge is 2.62. The SMILES string of the molecule is COC(=O)[C@@]12CCN(c3ncc(F)cn3)C[C@@H]1C2. The van der Waals surface area contributed by atoms with E-state index in [1.807, 2.05) is 4.90 Å². The molecule has 0 N–H and O–H groups in total. The lowest BCUT2D eigenvalue weighted by Crippen LogP contribution is -2.39. The van der Waals surface area contributed by atoms with Crippen molar-refractivity contribution in [2.24, 2.45) is 11.3 Å². The molecule has 2 aliphatic rings. The Bertz CT molecular complexity index is 479. The number of carbonyl (C=O) groups excluding carboxylic acids is 1. The van der Waals surface area contributed by atoms with E-state index in [0.717, 1.165) is 31.8 Å². The van der Waals surface area contributed by atoms with E-state index in [1.165, 1.54) is 7.11 Å². The molecule has 1 aliphatic heterocycles. The lowest BCUT2D eigenvalue weighted by Gasteiger charge is -2.30. The molecule has 2 fully saturated rings. The number of carbonyl (C=O) groups is 1. The van der Waals surface area contributed by atoms with E-state index < -0.39 is 5.82 Å². The number of halogens is 1. The van der Waals surface area contributed by atoms with Crippen molar-refractivity contribution in [1.29, 1.82) is 0 Å². The number of esters is 1. The molecule has 1 aromatic heterocycles. The summed E-state index contributed by atoms with van der Waals surface area (Å²) in [6.07, 6.45) is 3.96. The molecule has 0 amide bonds. The van der Waals surface area contributed by atoms with Crippen LogP contribution in [-0.4, -0.2) is 36.1 Å². The third kappa shape index (κ3) is 1.63. The number of methoxy groups -OCH3 is 1. The van der Waals surface area contributed by atoms with Crippen LogP contribution in [0.5, 0.6) is 0 Å². The molecule has 0 bridgehead atoms. The van der Waals surface area contributed by atoms with Gasteiger partial charge in [0.2, 0.25) is 5.95 Å². The van der Waals surface area contributed by atoms with Crippen molar-refractivity contribution in [3.63, 3.8) is 0 Å². The molecule has 2 heterocycles. The first-order chi connectivity index (χ1) is 8.65. The molecular formula is C12H14FN3O2. The van der Waals surface area contributed by atoms with Crippen LogP contribution in [0.3, 0.4) is 0 Å². The lowest BCUT2D eigenvalue weighted by atomic mass is 9.95. The highest BCUT2D eigenvalue weighted by molar-refractivity contribution is 5.81. The van der Waals surface area contributed by atoms with E-state index >= 15 is 0 Å². The van der Waals surface area contributed by atoms with Gasteiger partial charge in [0.1, 0.15) is 0 Å². The Morgan fingerprint density at radius 2 is 2.28 bits per heavy atom. The van der Waals surface area contributed by atoms with Gasteiger partial charge in [0.25, 0.3) is 0 Å². The van der Waals surface area contributed by atoms with Crippen LogP contribution in [0.25, 0.3) is 0 Å². The normalized spacial score (nSPS) is 29.7. The number of piperidine rings is 1. The van der Waals surface area contributed by atoms with Crippen LogP contribution in [0.2, 0.25) is 0 Å². The highest BCUT2D eigenvalue weighted by Crippen LogP contribution is 2.58. The quantitative estimate of drug-likeness (QED) is 0.734. The Hall–Kier alpha value is -1.72. The van der Waals surface area contributed by atoms with E-state index in [9.17, 15) is 9.18 Å². The van der Waals surface area contributed by atoms with Crippen molar-refractivity contribution in [3.05, 3.63) is 18.2 Å². The summed E-state index contributed by atoms with van der Waals surface area (Å²) in [4.78, 5) is 21.6. The molecule has 18 heavy (non-hydrogen) atoms. The van der Waals surface area contributed by atoms with E-state index in [0.29, 0.717) is 18.4 Å². The molecule has 1 aliphatic carbocycles. The van der Waals surface area contributed by atoms with Crippen LogP contribution in [0.4, 0.5) is 10.3 Å². The second kappa shape index (κ2) is 3.90. The summed E-state index contributed by atoms with van der Waals surface area (Å²) in [6.45, 7) is 1.44. The predicted octanol–water partition coefficient (Wildman–Crippen LogP) is 1.01. The van der Waals surface area contributed by atoms with Gasteiger partial charge >= 0.3 is 5.97 Å². The molecule has 0 unspecified atom stereocenters. The van der Waals surface area contributed by atoms with Gasteiger partial charge in [-0.2, -0.15) is 0 Å². The van der Waals surface area contributed by atoms with Gasteiger partial charge in [0, 0.05) is 13.1 Å². The van der Waals surface area contributed by atoms with Crippen molar-refractivity contribution in [3.8, 4) is 0 Å². The molecule has 1 aromatic rings. The number of fused-ring (bicyclic) bond motifs is 1. The molecule has 6 heteroatoms. The van der Waals surface area contributed by atoms with Crippen LogP contribution in [0.1, 0.15) is 12.8 Å². The van der Waals surface area contributed by atoms with Gasteiger partial charge in [-0.3, -0.25) is 4.79 Å². The molecule has 0 aromatic carbocycles. The van der Waals surface area contributed by atoms with Crippen molar-refractivity contribution in [1.82, 2.24) is 9.97 Å². The van der Waals surface area contributed by atoms with Crippen LogP contribution < -0.4 is 4.90 Å². The molecule has 0 spiro atoms. The fraction of sp³-hybridized carbons (Fsp3) is 0.583. The summed E-state index contributed by atoms with van der Waals surface area (Å²) >= 11 is 0. The van der Waals surface area contributed by atoms with Crippen molar-refractivity contribution in [2.75, 3.05) is 25.1 Å². The zero-order valence-corrected chi connectivity index (χ0v) is 10.1. The highest BCUT2D eigenvalue weighted by atomic mass is 19.1. The number of rotatable bonds is 2. The summed E-state index contributed by atoms with van der Waals surface area (Å²) in [5.74, 6) is 0.299.